The number of rotatable bonds is 3. The number of benzene rings is 1. The number of hydrogen-bond donors (Lipinski definition) is 1. The van der Waals surface area contributed by atoms with Gasteiger partial charge in [-0.1, -0.05) is 18.2 Å². The molecule has 0 aromatic heterocycles. The van der Waals surface area contributed by atoms with Crippen molar-refractivity contribution >= 4 is 5.91 Å². The Kier molecular flexibility index (Phi) is 5.30. The molecular formula is C19H25F3N2O2. The smallest absolute Gasteiger partial charge is 0.396 e. The Balaban J connectivity index is 1.67. The quantitative estimate of drug-likeness (QED) is 0.890. The summed E-state index contributed by atoms with van der Waals surface area (Å²) >= 11 is 0. The second-order valence-corrected chi connectivity index (χ2v) is 7.57. The molecule has 1 unspecified atom stereocenters. The molecule has 144 valence electrons. The zero-order chi connectivity index (χ0) is 18.9. The number of halogens is 3. The Labute approximate surface area is 151 Å². The highest BCUT2D eigenvalue weighted by Gasteiger charge is 2.48. The van der Waals surface area contributed by atoms with E-state index >= 15 is 0 Å². The molecule has 0 aliphatic carbocycles. The molecule has 1 N–H and O–H groups in total. The van der Waals surface area contributed by atoms with Gasteiger partial charge in [0.15, 0.2) is 0 Å². The number of alkyl halides is 3. The van der Waals surface area contributed by atoms with Gasteiger partial charge in [0.25, 0.3) is 0 Å². The van der Waals surface area contributed by atoms with E-state index in [1.165, 1.54) is 19.1 Å². The van der Waals surface area contributed by atoms with Gasteiger partial charge < -0.3 is 10.0 Å². The highest BCUT2D eigenvalue weighted by molar-refractivity contribution is 5.73. The number of likely N-dealkylation sites (tertiary alicyclic amines) is 2. The Morgan fingerprint density at radius 1 is 1.27 bits per heavy atom. The molecule has 26 heavy (non-hydrogen) atoms. The number of piperidine rings is 1. The minimum absolute atomic E-state index is 0.0156. The van der Waals surface area contributed by atoms with Crippen molar-refractivity contribution in [3.8, 4) is 0 Å². The van der Waals surface area contributed by atoms with E-state index in [0.29, 0.717) is 31.7 Å². The second-order valence-electron chi connectivity index (χ2n) is 7.57. The first-order valence-corrected chi connectivity index (χ1v) is 8.99. The van der Waals surface area contributed by atoms with Crippen molar-refractivity contribution in [3.63, 3.8) is 0 Å². The summed E-state index contributed by atoms with van der Waals surface area (Å²) in [6, 6.07) is 5.72. The molecule has 1 amide bonds. The van der Waals surface area contributed by atoms with Crippen LogP contribution in [0.2, 0.25) is 0 Å². The Morgan fingerprint density at radius 2 is 1.92 bits per heavy atom. The van der Waals surface area contributed by atoms with Gasteiger partial charge in [0.1, 0.15) is 0 Å². The number of carbonyl (C=O) groups excluding carboxylic acids is 1. The first-order valence-electron chi connectivity index (χ1n) is 8.99. The van der Waals surface area contributed by atoms with E-state index in [0.717, 1.165) is 18.9 Å². The number of amides is 1. The van der Waals surface area contributed by atoms with Crippen molar-refractivity contribution in [3.05, 3.63) is 35.4 Å². The first-order chi connectivity index (χ1) is 12.2. The fourth-order valence-corrected chi connectivity index (χ4v) is 4.42. The largest absolute Gasteiger partial charge is 0.416 e. The van der Waals surface area contributed by atoms with Crippen molar-refractivity contribution < 1.29 is 23.1 Å². The van der Waals surface area contributed by atoms with Crippen LogP contribution in [0.3, 0.4) is 0 Å². The summed E-state index contributed by atoms with van der Waals surface area (Å²) in [7, 11) is 0. The Hall–Kier alpha value is -1.60. The van der Waals surface area contributed by atoms with Gasteiger partial charge in [0.2, 0.25) is 5.91 Å². The number of hydrogen-bond acceptors (Lipinski definition) is 3. The van der Waals surface area contributed by atoms with Gasteiger partial charge in [0, 0.05) is 39.1 Å². The summed E-state index contributed by atoms with van der Waals surface area (Å²) in [5.41, 5.74) is -0.385. The van der Waals surface area contributed by atoms with Crippen LogP contribution in [0.25, 0.3) is 0 Å². The third-order valence-corrected chi connectivity index (χ3v) is 6.05. The summed E-state index contributed by atoms with van der Waals surface area (Å²) < 4.78 is 39.5. The van der Waals surface area contributed by atoms with Crippen molar-refractivity contribution in [2.45, 2.75) is 32.5 Å². The van der Waals surface area contributed by atoms with Crippen LogP contribution < -0.4 is 0 Å². The number of carbonyl (C=O) groups is 1. The van der Waals surface area contributed by atoms with E-state index in [1.807, 2.05) is 4.90 Å². The lowest BCUT2D eigenvalue weighted by molar-refractivity contribution is -0.138. The van der Waals surface area contributed by atoms with Crippen molar-refractivity contribution in [2.24, 2.45) is 11.3 Å². The van der Waals surface area contributed by atoms with Crippen LogP contribution in [0.1, 0.15) is 30.9 Å². The minimum atomic E-state index is -4.34. The molecular weight excluding hydrogens is 345 g/mol. The predicted molar refractivity (Wildman–Crippen MR) is 91.2 cm³/mol. The van der Waals surface area contributed by atoms with Crippen LogP contribution in [-0.4, -0.2) is 53.6 Å². The van der Waals surface area contributed by atoms with Gasteiger partial charge in [-0.3, -0.25) is 9.69 Å². The summed E-state index contributed by atoms with van der Waals surface area (Å²) in [5, 5.41) is 9.73. The molecule has 1 aromatic rings. The summed E-state index contributed by atoms with van der Waals surface area (Å²) in [4.78, 5) is 15.5. The molecule has 0 bridgehead atoms. The van der Waals surface area contributed by atoms with Crippen molar-refractivity contribution in [2.75, 3.05) is 32.8 Å². The minimum Gasteiger partial charge on any atom is -0.396 e. The second kappa shape index (κ2) is 7.19. The third kappa shape index (κ3) is 3.74. The molecule has 2 aliphatic heterocycles. The van der Waals surface area contributed by atoms with Crippen LogP contribution >= 0.6 is 0 Å². The Morgan fingerprint density at radius 3 is 2.50 bits per heavy atom. The molecule has 2 fully saturated rings. The van der Waals surface area contributed by atoms with Crippen LogP contribution in [-0.2, 0) is 17.5 Å². The maximum Gasteiger partial charge on any atom is 0.416 e. The molecule has 1 atom stereocenters. The topological polar surface area (TPSA) is 43.8 Å². The first kappa shape index (κ1) is 19.2. The van der Waals surface area contributed by atoms with Crippen LogP contribution in [0, 0.1) is 11.3 Å². The van der Waals surface area contributed by atoms with Gasteiger partial charge in [-0.05, 0) is 43.0 Å². The highest BCUT2D eigenvalue weighted by Crippen LogP contribution is 2.45. The molecule has 0 radical (unpaired) electrons. The highest BCUT2D eigenvalue weighted by atomic mass is 19.4. The third-order valence-electron chi connectivity index (χ3n) is 6.05. The maximum absolute atomic E-state index is 13.2. The zero-order valence-electron chi connectivity index (χ0n) is 14.9. The van der Waals surface area contributed by atoms with Gasteiger partial charge >= 0.3 is 6.18 Å². The van der Waals surface area contributed by atoms with Gasteiger partial charge in [-0.15, -0.1) is 0 Å². The zero-order valence-corrected chi connectivity index (χ0v) is 14.9. The van der Waals surface area contributed by atoms with Gasteiger partial charge in [-0.25, -0.2) is 0 Å². The lowest BCUT2D eigenvalue weighted by Crippen LogP contribution is -2.45. The van der Waals surface area contributed by atoms with E-state index in [2.05, 4.69) is 0 Å². The van der Waals surface area contributed by atoms with Crippen LogP contribution in [0.15, 0.2) is 24.3 Å². The van der Waals surface area contributed by atoms with E-state index in [1.54, 1.807) is 11.0 Å². The van der Waals surface area contributed by atoms with Crippen molar-refractivity contribution in [1.82, 2.24) is 9.80 Å². The average molecular weight is 370 g/mol. The molecule has 1 spiro atoms. The average Bonchev–Trinajstić information content (AvgIpc) is 2.95. The number of aliphatic hydroxyl groups excluding tert-OH is 1. The van der Waals surface area contributed by atoms with Crippen LogP contribution in [0.5, 0.6) is 0 Å². The lowest BCUT2D eigenvalue weighted by atomic mass is 9.71. The molecule has 2 saturated heterocycles. The lowest BCUT2D eigenvalue weighted by Gasteiger charge is -2.42. The molecule has 3 rings (SSSR count). The standard InChI is InChI=1S/C19H25F3N2O2/c1-14(26)24-11-16(12-25)18(13-24)6-8-23(9-7-18)10-15-4-2-3-5-17(15)19(20,21)22/h2-5,16,25H,6-13H2,1H3. The van der Waals surface area contributed by atoms with E-state index < -0.39 is 11.7 Å². The fraction of sp³-hybridized carbons (Fsp3) is 0.632. The fourth-order valence-electron chi connectivity index (χ4n) is 4.42. The molecule has 2 heterocycles. The van der Waals surface area contributed by atoms with E-state index in [9.17, 15) is 23.1 Å². The van der Waals surface area contributed by atoms with Gasteiger partial charge in [0.05, 0.1) is 5.56 Å². The summed E-state index contributed by atoms with van der Waals surface area (Å²) in [6.45, 7) is 4.41. The van der Waals surface area contributed by atoms with E-state index in [-0.39, 0.29) is 30.4 Å². The van der Waals surface area contributed by atoms with Crippen molar-refractivity contribution in [1.29, 1.82) is 0 Å². The SMILES string of the molecule is CC(=O)N1CC(CO)C2(CCN(Cc3ccccc3C(F)(F)F)CC2)C1. The normalized spacial score (nSPS) is 23.6. The summed E-state index contributed by atoms with van der Waals surface area (Å²) in [5.74, 6) is 0.0675. The maximum atomic E-state index is 13.2. The predicted octanol–water partition coefficient (Wildman–Crippen LogP) is 2.76. The monoisotopic (exact) mass is 370 g/mol. The molecule has 4 nitrogen and oxygen atoms in total. The van der Waals surface area contributed by atoms with E-state index in [4.69, 9.17) is 0 Å². The molecule has 7 heteroatoms. The van der Waals surface area contributed by atoms with Gasteiger partial charge in [-0.2, -0.15) is 13.2 Å². The number of aliphatic hydroxyl groups is 1. The molecule has 0 saturated carbocycles. The summed E-state index contributed by atoms with van der Waals surface area (Å²) in [6.07, 6.45) is -2.77. The molecule has 1 aromatic carbocycles. The molecule has 2 aliphatic rings. The Bertz CT molecular complexity index is 654. The number of nitrogens with zero attached hydrogens (tertiary/aromatic N) is 2. The van der Waals surface area contributed by atoms with Crippen LogP contribution in [0.4, 0.5) is 13.2 Å².